The Labute approximate surface area is 112 Å². The molecule has 0 unspecified atom stereocenters. The second-order valence-electron chi connectivity index (χ2n) is 4.09. The van der Waals surface area contributed by atoms with Gasteiger partial charge in [0.15, 0.2) is 0 Å². The lowest BCUT2D eigenvalue weighted by atomic mass is 10.2. The molecule has 0 aliphatic carbocycles. The summed E-state index contributed by atoms with van der Waals surface area (Å²) in [6.45, 7) is 2.21. The highest BCUT2D eigenvalue weighted by Crippen LogP contribution is 2.15. The van der Waals surface area contributed by atoms with Gasteiger partial charge in [0.25, 0.3) is 0 Å². The average Bonchev–Trinajstić information content (AvgIpc) is 2.88. The van der Waals surface area contributed by atoms with Gasteiger partial charge in [-0.15, -0.1) is 0 Å². The molecule has 1 aromatic carbocycles. The van der Waals surface area contributed by atoms with Crippen LogP contribution >= 0.6 is 11.8 Å². The van der Waals surface area contributed by atoms with Crippen molar-refractivity contribution in [2.75, 3.05) is 11.5 Å². The number of hydrogen-bond acceptors (Lipinski definition) is 4. The first-order chi connectivity index (χ1) is 8.90. The topological polar surface area (TPSA) is 38.9 Å². The zero-order chi connectivity index (χ0) is 12.6. The fourth-order valence-corrected chi connectivity index (χ4v) is 2.58. The van der Waals surface area contributed by atoms with Crippen LogP contribution in [0.4, 0.5) is 0 Å². The van der Waals surface area contributed by atoms with Crippen molar-refractivity contribution < 1.29 is 4.52 Å². The molecular weight excluding hydrogens is 244 g/mol. The second kappa shape index (κ2) is 7.21. The van der Waals surface area contributed by atoms with Crippen molar-refractivity contribution in [2.24, 2.45) is 0 Å². The van der Waals surface area contributed by atoms with Gasteiger partial charge in [0.05, 0.1) is 0 Å². The van der Waals surface area contributed by atoms with Gasteiger partial charge in [-0.05, 0) is 12.2 Å². The van der Waals surface area contributed by atoms with Crippen molar-refractivity contribution in [1.29, 1.82) is 0 Å². The Morgan fingerprint density at radius 2 is 2.00 bits per heavy atom. The minimum atomic E-state index is 0.684. The molecule has 0 radical (unpaired) electrons. The van der Waals surface area contributed by atoms with Crippen molar-refractivity contribution >= 4 is 11.8 Å². The van der Waals surface area contributed by atoms with Gasteiger partial charge in [-0.3, -0.25) is 0 Å². The Morgan fingerprint density at radius 3 is 2.78 bits per heavy atom. The number of rotatable bonds is 7. The molecule has 2 aromatic rings. The third-order valence-electron chi connectivity index (χ3n) is 2.60. The van der Waals surface area contributed by atoms with Gasteiger partial charge in [0, 0.05) is 17.7 Å². The van der Waals surface area contributed by atoms with Crippen LogP contribution in [0.5, 0.6) is 0 Å². The first-order valence-corrected chi connectivity index (χ1v) is 7.51. The van der Waals surface area contributed by atoms with Crippen LogP contribution in [-0.4, -0.2) is 21.6 Å². The number of unbranched alkanes of at least 4 members (excludes halogenated alkanes) is 1. The summed E-state index contributed by atoms with van der Waals surface area (Å²) in [6.07, 6.45) is 3.39. The molecule has 2 rings (SSSR count). The number of aryl methyl sites for hydroxylation is 1. The molecule has 96 valence electrons. The van der Waals surface area contributed by atoms with Crippen molar-refractivity contribution in [3.63, 3.8) is 0 Å². The van der Waals surface area contributed by atoms with Crippen molar-refractivity contribution in [1.82, 2.24) is 10.1 Å². The Balaban J connectivity index is 1.83. The van der Waals surface area contributed by atoms with Gasteiger partial charge in [-0.1, -0.05) is 48.8 Å². The highest BCUT2D eigenvalue weighted by Gasteiger charge is 2.07. The van der Waals surface area contributed by atoms with Crippen molar-refractivity contribution in [2.45, 2.75) is 26.2 Å². The molecule has 0 atom stereocenters. The van der Waals surface area contributed by atoms with E-state index in [0.717, 1.165) is 23.6 Å². The third-order valence-corrected chi connectivity index (χ3v) is 3.67. The van der Waals surface area contributed by atoms with E-state index in [1.54, 1.807) is 0 Å². The Hall–Kier alpha value is -1.29. The smallest absolute Gasteiger partial charge is 0.227 e. The fourth-order valence-electron chi connectivity index (χ4n) is 1.57. The minimum Gasteiger partial charge on any atom is -0.339 e. The molecule has 4 heteroatoms. The molecule has 0 saturated heterocycles. The van der Waals surface area contributed by atoms with E-state index in [9.17, 15) is 0 Å². The van der Waals surface area contributed by atoms with Gasteiger partial charge < -0.3 is 4.52 Å². The van der Waals surface area contributed by atoms with Gasteiger partial charge in [0.2, 0.25) is 11.7 Å². The molecule has 0 bridgehead atoms. The molecule has 0 saturated carbocycles. The van der Waals surface area contributed by atoms with Crippen LogP contribution in [-0.2, 0) is 6.42 Å². The van der Waals surface area contributed by atoms with Crippen LogP contribution in [0.1, 0.15) is 25.7 Å². The van der Waals surface area contributed by atoms with Crippen molar-refractivity contribution in [3.05, 3.63) is 36.2 Å². The maximum absolute atomic E-state index is 5.25. The van der Waals surface area contributed by atoms with Crippen LogP contribution in [0.15, 0.2) is 34.9 Å². The lowest BCUT2D eigenvalue weighted by Crippen LogP contribution is -1.90. The van der Waals surface area contributed by atoms with Crippen LogP contribution in [0.2, 0.25) is 0 Å². The summed E-state index contributed by atoms with van der Waals surface area (Å²) in [7, 11) is 0. The number of benzene rings is 1. The summed E-state index contributed by atoms with van der Waals surface area (Å²) in [6, 6.07) is 9.92. The number of thioether (sulfide) groups is 1. The summed E-state index contributed by atoms with van der Waals surface area (Å²) < 4.78 is 5.25. The lowest BCUT2D eigenvalue weighted by molar-refractivity contribution is 0.383. The first-order valence-electron chi connectivity index (χ1n) is 6.36. The quantitative estimate of drug-likeness (QED) is 0.711. The zero-order valence-corrected chi connectivity index (χ0v) is 11.4. The SMILES string of the molecule is CCCCSCCc1nc(-c2ccccc2)no1. The molecule has 1 heterocycles. The fraction of sp³-hybridized carbons (Fsp3) is 0.429. The summed E-state index contributed by atoms with van der Waals surface area (Å²) in [4.78, 5) is 4.41. The molecule has 0 fully saturated rings. The Kier molecular flexibility index (Phi) is 5.27. The normalized spacial score (nSPS) is 10.7. The second-order valence-corrected chi connectivity index (χ2v) is 5.32. The first kappa shape index (κ1) is 13.1. The summed E-state index contributed by atoms with van der Waals surface area (Å²) in [5.41, 5.74) is 1.01. The van der Waals surface area contributed by atoms with Crippen LogP contribution < -0.4 is 0 Å². The molecule has 0 aliphatic heterocycles. The lowest BCUT2D eigenvalue weighted by Gasteiger charge is -1.96. The molecule has 0 aliphatic rings. The van der Waals surface area contributed by atoms with E-state index in [1.807, 2.05) is 42.1 Å². The Bertz CT molecular complexity index is 456. The number of hydrogen-bond donors (Lipinski definition) is 0. The van der Waals surface area contributed by atoms with Gasteiger partial charge in [0.1, 0.15) is 0 Å². The minimum absolute atomic E-state index is 0.684. The molecule has 1 aromatic heterocycles. The van der Waals surface area contributed by atoms with E-state index in [0.29, 0.717) is 5.82 Å². The molecule has 0 N–H and O–H groups in total. The summed E-state index contributed by atoms with van der Waals surface area (Å²) in [5.74, 6) is 3.69. The number of nitrogens with zero attached hydrogens (tertiary/aromatic N) is 2. The van der Waals surface area contributed by atoms with Crippen LogP contribution in [0, 0.1) is 0 Å². The molecule has 3 nitrogen and oxygen atoms in total. The van der Waals surface area contributed by atoms with Gasteiger partial charge in [-0.2, -0.15) is 16.7 Å². The monoisotopic (exact) mass is 262 g/mol. The van der Waals surface area contributed by atoms with E-state index in [1.165, 1.54) is 18.6 Å². The standard InChI is InChI=1S/C14H18N2OS/c1-2-3-10-18-11-9-13-15-14(16-17-13)12-7-5-4-6-8-12/h4-8H,2-3,9-11H2,1H3. The molecule has 18 heavy (non-hydrogen) atoms. The van der Waals surface area contributed by atoms with Gasteiger partial charge in [-0.25, -0.2) is 0 Å². The maximum Gasteiger partial charge on any atom is 0.227 e. The average molecular weight is 262 g/mol. The van der Waals surface area contributed by atoms with Crippen molar-refractivity contribution in [3.8, 4) is 11.4 Å². The highest BCUT2D eigenvalue weighted by atomic mass is 32.2. The number of aromatic nitrogens is 2. The summed E-state index contributed by atoms with van der Waals surface area (Å²) >= 11 is 1.95. The molecule has 0 amide bonds. The molecular formula is C14H18N2OS. The van der Waals surface area contributed by atoms with E-state index < -0.39 is 0 Å². The van der Waals surface area contributed by atoms with E-state index in [4.69, 9.17) is 4.52 Å². The maximum atomic E-state index is 5.25. The summed E-state index contributed by atoms with van der Waals surface area (Å²) in [5, 5.41) is 4.01. The zero-order valence-electron chi connectivity index (χ0n) is 10.6. The van der Waals surface area contributed by atoms with Crippen LogP contribution in [0.3, 0.4) is 0 Å². The van der Waals surface area contributed by atoms with Crippen LogP contribution in [0.25, 0.3) is 11.4 Å². The highest BCUT2D eigenvalue weighted by molar-refractivity contribution is 7.99. The predicted molar refractivity (Wildman–Crippen MR) is 75.7 cm³/mol. The largest absolute Gasteiger partial charge is 0.339 e. The Morgan fingerprint density at radius 1 is 1.17 bits per heavy atom. The van der Waals surface area contributed by atoms with E-state index in [2.05, 4.69) is 17.1 Å². The molecule has 0 spiro atoms. The van der Waals surface area contributed by atoms with E-state index in [-0.39, 0.29) is 0 Å². The van der Waals surface area contributed by atoms with E-state index >= 15 is 0 Å². The predicted octanol–water partition coefficient (Wildman–Crippen LogP) is 3.81. The third kappa shape index (κ3) is 3.88. The van der Waals surface area contributed by atoms with Gasteiger partial charge >= 0.3 is 0 Å².